The average molecular weight is 300 g/mol. The van der Waals surface area contributed by atoms with Gasteiger partial charge in [0.2, 0.25) is 0 Å². The molecule has 0 amide bonds. The van der Waals surface area contributed by atoms with Gasteiger partial charge in [-0.05, 0) is 28.4 Å². The number of hydrogen-bond donors (Lipinski definition) is 1. The van der Waals surface area contributed by atoms with E-state index in [1.807, 2.05) is 0 Å². The maximum atomic E-state index is 11.4. The van der Waals surface area contributed by atoms with Crippen molar-refractivity contribution in [2.45, 2.75) is 6.92 Å². The second-order valence-electron chi connectivity index (χ2n) is 3.42. The topological polar surface area (TPSA) is 93.6 Å². The van der Waals surface area contributed by atoms with Crippen LogP contribution in [0.5, 0.6) is 5.75 Å². The fourth-order valence-corrected chi connectivity index (χ4v) is 1.79. The number of fused-ring (bicyclic) bond motifs is 1. The summed E-state index contributed by atoms with van der Waals surface area (Å²) in [6.45, 7) is 1.63. The lowest BCUT2D eigenvalue weighted by molar-refractivity contribution is -0.385. The molecule has 88 valence electrons. The Labute approximate surface area is 103 Å². The lowest BCUT2D eigenvalue weighted by Crippen LogP contribution is -2.02. The van der Waals surface area contributed by atoms with Gasteiger partial charge in [-0.15, -0.1) is 0 Å². The predicted octanol–water partition coefficient (Wildman–Crippen LogP) is 2.48. The molecule has 1 aromatic carbocycles. The number of halogens is 1. The number of hydrogen-bond acceptors (Lipinski definition) is 5. The highest BCUT2D eigenvalue weighted by Crippen LogP contribution is 2.33. The molecule has 0 spiro atoms. The fraction of sp³-hybridized carbons (Fsp3) is 0.100. The molecule has 1 heterocycles. The van der Waals surface area contributed by atoms with E-state index in [1.54, 1.807) is 6.92 Å². The molecule has 0 saturated heterocycles. The number of rotatable bonds is 1. The summed E-state index contributed by atoms with van der Waals surface area (Å²) >= 11 is 3.04. The summed E-state index contributed by atoms with van der Waals surface area (Å²) in [7, 11) is 0. The van der Waals surface area contributed by atoms with Crippen molar-refractivity contribution in [2.24, 2.45) is 0 Å². The minimum absolute atomic E-state index is 0.110. The van der Waals surface area contributed by atoms with Crippen molar-refractivity contribution < 1.29 is 14.4 Å². The lowest BCUT2D eigenvalue weighted by Gasteiger charge is -2.03. The Kier molecular flexibility index (Phi) is 2.62. The van der Waals surface area contributed by atoms with Gasteiger partial charge in [-0.25, -0.2) is 4.79 Å². The van der Waals surface area contributed by atoms with E-state index in [-0.39, 0.29) is 10.1 Å². The van der Waals surface area contributed by atoms with Gasteiger partial charge in [0.1, 0.15) is 10.1 Å². The van der Waals surface area contributed by atoms with Gasteiger partial charge >= 0.3 is 11.3 Å². The molecular formula is C10H6BrNO5. The molecule has 6 nitrogen and oxygen atoms in total. The SMILES string of the molecule is Cc1c(Br)c(=O)oc2cc(O)c([N+](=O)[O-])cc12. The van der Waals surface area contributed by atoms with Gasteiger partial charge in [0.05, 0.1) is 4.92 Å². The summed E-state index contributed by atoms with van der Waals surface area (Å²) in [5.41, 5.74) is -0.386. The van der Waals surface area contributed by atoms with Crippen molar-refractivity contribution in [1.82, 2.24) is 0 Å². The molecule has 0 radical (unpaired) electrons. The first-order chi connectivity index (χ1) is 7.91. The first-order valence-electron chi connectivity index (χ1n) is 4.52. The molecule has 1 aromatic heterocycles. The Bertz CT molecular complexity index is 691. The van der Waals surface area contributed by atoms with E-state index < -0.39 is 22.0 Å². The Morgan fingerprint density at radius 3 is 2.71 bits per heavy atom. The molecule has 0 atom stereocenters. The zero-order chi connectivity index (χ0) is 12.7. The Hall–Kier alpha value is -1.89. The minimum Gasteiger partial charge on any atom is -0.502 e. The molecule has 0 fully saturated rings. The Balaban J connectivity index is 2.95. The first-order valence-corrected chi connectivity index (χ1v) is 5.31. The molecular weight excluding hydrogens is 294 g/mol. The summed E-state index contributed by atoms with van der Waals surface area (Å²) in [4.78, 5) is 21.3. The summed E-state index contributed by atoms with van der Waals surface area (Å²) in [5, 5.41) is 20.5. The van der Waals surface area contributed by atoms with Crippen LogP contribution in [0.1, 0.15) is 5.56 Å². The Morgan fingerprint density at radius 1 is 1.47 bits per heavy atom. The number of phenolic OH excluding ortho intramolecular Hbond substituents is 1. The number of phenols is 1. The standard InChI is InChI=1S/C10H6BrNO5/c1-4-5-2-6(12(15)16)7(13)3-8(5)17-10(14)9(4)11/h2-3,13H,1H3. The number of nitro benzene ring substituents is 1. The summed E-state index contributed by atoms with van der Waals surface area (Å²) in [6, 6.07) is 2.24. The highest BCUT2D eigenvalue weighted by atomic mass is 79.9. The molecule has 0 saturated carbocycles. The number of aromatic hydroxyl groups is 1. The number of nitro groups is 1. The number of nitrogens with zero attached hydrogens (tertiary/aromatic N) is 1. The molecule has 0 unspecified atom stereocenters. The summed E-state index contributed by atoms with van der Waals surface area (Å²) in [6.07, 6.45) is 0. The zero-order valence-corrected chi connectivity index (χ0v) is 10.1. The van der Waals surface area contributed by atoms with E-state index in [0.29, 0.717) is 10.9 Å². The molecule has 2 rings (SSSR count). The molecule has 0 aliphatic heterocycles. The van der Waals surface area contributed by atoms with Crippen LogP contribution in [0.25, 0.3) is 11.0 Å². The minimum atomic E-state index is -0.701. The lowest BCUT2D eigenvalue weighted by atomic mass is 10.1. The van der Waals surface area contributed by atoms with Gasteiger partial charge in [0, 0.05) is 17.5 Å². The van der Waals surface area contributed by atoms with Gasteiger partial charge < -0.3 is 9.52 Å². The third-order valence-electron chi connectivity index (χ3n) is 2.39. The highest BCUT2D eigenvalue weighted by molar-refractivity contribution is 9.10. The zero-order valence-electron chi connectivity index (χ0n) is 8.56. The monoisotopic (exact) mass is 299 g/mol. The van der Waals surface area contributed by atoms with Crippen molar-refractivity contribution >= 4 is 32.6 Å². The Morgan fingerprint density at radius 2 is 2.12 bits per heavy atom. The summed E-state index contributed by atoms with van der Waals surface area (Å²) < 4.78 is 5.12. The highest BCUT2D eigenvalue weighted by Gasteiger charge is 2.18. The van der Waals surface area contributed by atoms with Crippen LogP contribution in [0.15, 0.2) is 25.8 Å². The largest absolute Gasteiger partial charge is 0.502 e. The average Bonchev–Trinajstić information content (AvgIpc) is 2.25. The molecule has 1 N–H and O–H groups in total. The van der Waals surface area contributed by atoms with E-state index in [9.17, 15) is 20.0 Å². The molecule has 0 aliphatic carbocycles. The van der Waals surface area contributed by atoms with Gasteiger partial charge in [-0.3, -0.25) is 10.1 Å². The quantitative estimate of drug-likeness (QED) is 0.496. The van der Waals surface area contributed by atoms with Crippen molar-refractivity contribution in [2.75, 3.05) is 0 Å². The first kappa shape index (κ1) is 11.6. The van der Waals surface area contributed by atoms with Gasteiger partial charge in [0.15, 0.2) is 5.75 Å². The fourth-order valence-electron chi connectivity index (χ4n) is 1.50. The third kappa shape index (κ3) is 1.78. The van der Waals surface area contributed by atoms with Gasteiger partial charge in [-0.1, -0.05) is 0 Å². The molecule has 7 heteroatoms. The predicted molar refractivity (Wildman–Crippen MR) is 63.2 cm³/mol. The maximum absolute atomic E-state index is 11.4. The van der Waals surface area contributed by atoms with Crippen molar-refractivity contribution in [3.05, 3.63) is 42.7 Å². The van der Waals surface area contributed by atoms with Crippen LogP contribution in [-0.2, 0) is 0 Å². The van der Waals surface area contributed by atoms with Crippen LogP contribution in [0.2, 0.25) is 0 Å². The van der Waals surface area contributed by atoms with Crippen LogP contribution in [0.4, 0.5) is 5.69 Å². The van der Waals surface area contributed by atoms with Crippen molar-refractivity contribution in [3.8, 4) is 5.75 Å². The van der Waals surface area contributed by atoms with Crippen LogP contribution < -0.4 is 5.63 Å². The smallest absolute Gasteiger partial charge is 0.350 e. The normalized spacial score (nSPS) is 10.7. The molecule has 2 aromatic rings. The van der Waals surface area contributed by atoms with Crippen LogP contribution in [0.3, 0.4) is 0 Å². The van der Waals surface area contributed by atoms with Crippen LogP contribution in [0, 0.1) is 17.0 Å². The molecule has 0 aliphatic rings. The van der Waals surface area contributed by atoms with E-state index in [1.165, 1.54) is 6.07 Å². The van der Waals surface area contributed by atoms with Gasteiger partial charge in [-0.2, -0.15) is 0 Å². The molecule has 17 heavy (non-hydrogen) atoms. The second-order valence-corrected chi connectivity index (χ2v) is 4.22. The van der Waals surface area contributed by atoms with E-state index in [4.69, 9.17) is 4.42 Å². The second kappa shape index (κ2) is 3.85. The number of benzene rings is 1. The van der Waals surface area contributed by atoms with E-state index in [0.717, 1.165) is 6.07 Å². The van der Waals surface area contributed by atoms with Crippen LogP contribution in [-0.4, -0.2) is 10.0 Å². The van der Waals surface area contributed by atoms with E-state index >= 15 is 0 Å². The summed E-state index contributed by atoms with van der Waals surface area (Å²) in [5.74, 6) is -0.535. The van der Waals surface area contributed by atoms with Crippen molar-refractivity contribution in [1.29, 1.82) is 0 Å². The van der Waals surface area contributed by atoms with E-state index in [2.05, 4.69) is 15.9 Å². The van der Waals surface area contributed by atoms with Crippen molar-refractivity contribution in [3.63, 3.8) is 0 Å². The van der Waals surface area contributed by atoms with Crippen LogP contribution >= 0.6 is 15.9 Å². The molecule has 0 bridgehead atoms. The third-order valence-corrected chi connectivity index (χ3v) is 3.31. The van der Waals surface area contributed by atoms with Gasteiger partial charge in [0.25, 0.3) is 0 Å². The number of aryl methyl sites for hydroxylation is 1. The maximum Gasteiger partial charge on any atom is 0.350 e.